The number of anilines is 1. The van der Waals surface area contributed by atoms with Crippen LogP contribution in [-0.2, 0) is 16.2 Å². The highest BCUT2D eigenvalue weighted by Crippen LogP contribution is 2.38. The molecule has 0 unspecified atom stereocenters. The van der Waals surface area contributed by atoms with Crippen LogP contribution in [0.2, 0.25) is 0 Å². The molecule has 134 valence electrons. The first-order chi connectivity index (χ1) is 11.6. The molecule has 0 atom stereocenters. The largest absolute Gasteiger partial charge is 0.496 e. The molecular formula is C14H11F3N2O5S. The number of benzene rings is 2. The first-order valence-corrected chi connectivity index (χ1v) is 8.06. The van der Waals surface area contributed by atoms with E-state index in [1.807, 2.05) is 4.72 Å². The van der Waals surface area contributed by atoms with Crippen molar-refractivity contribution in [3.63, 3.8) is 0 Å². The van der Waals surface area contributed by atoms with Gasteiger partial charge in [0.15, 0.2) is 4.90 Å². The molecule has 0 amide bonds. The van der Waals surface area contributed by atoms with Crippen molar-refractivity contribution in [3.05, 3.63) is 58.1 Å². The van der Waals surface area contributed by atoms with Crippen LogP contribution in [0.1, 0.15) is 5.56 Å². The van der Waals surface area contributed by atoms with Gasteiger partial charge < -0.3 is 4.74 Å². The summed E-state index contributed by atoms with van der Waals surface area (Å²) in [5, 5.41) is 10.9. The topological polar surface area (TPSA) is 98.5 Å². The minimum absolute atomic E-state index is 0.411. The van der Waals surface area contributed by atoms with E-state index in [4.69, 9.17) is 0 Å². The van der Waals surface area contributed by atoms with Crippen LogP contribution in [0.25, 0.3) is 0 Å². The number of nitro benzene ring substituents is 1. The number of ether oxygens (including phenoxy) is 1. The van der Waals surface area contributed by atoms with E-state index in [9.17, 15) is 31.7 Å². The van der Waals surface area contributed by atoms with Gasteiger partial charge in [-0.1, -0.05) is 12.1 Å². The Morgan fingerprint density at radius 3 is 2.36 bits per heavy atom. The minimum atomic E-state index is -4.77. The predicted molar refractivity (Wildman–Crippen MR) is 81.9 cm³/mol. The lowest BCUT2D eigenvalue weighted by molar-refractivity contribution is -0.387. The smallest absolute Gasteiger partial charge is 0.420 e. The molecular weight excluding hydrogens is 365 g/mol. The number of para-hydroxylation sites is 1. The maximum atomic E-state index is 13.0. The van der Waals surface area contributed by atoms with Crippen LogP contribution >= 0.6 is 0 Å². The molecule has 0 fully saturated rings. The van der Waals surface area contributed by atoms with Crippen molar-refractivity contribution in [2.75, 3.05) is 11.8 Å². The molecule has 0 saturated heterocycles. The average molecular weight is 376 g/mol. The Labute approximate surface area is 140 Å². The van der Waals surface area contributed by atoms with Gasteiger partial charge in [-0.15, -0.1) is 0 Å². The summed E-state index contributed by atoms with van der Waals surface area (Å²) in [6.45, 7) is 0. The van der Waals surface area contributed by atoms with E-state index < -0.39 is 48.7 Å². The third-order valence-corrected chi connectivity index (χ3v) is 4.54. The molecule has 2 aromatic carbocycles. The predicted octanol–water partition coefficient (Wildman–Crippen LogP) is 3.42. The highest BCUT2D eigenvalue weighted by atomic mass is 32.2. The van der Waals surface area contributed by atoms with E-state index in [2.05, 4.69) is 4.74 Å². The first-order valence-electron chi connectivity index (χ1n) is 6.58. The number of halogens is 3. The maximum absolute atomic E-state index is 13.0. The van der Waals surface area contributed by atoms with Gasteiger partial charge >= 0.3 is 6.18 Å². The normalized spacial score (nSPS) is 11.8. The molecule has 0 aromatic heterocycles. The fourth-order valence-electron chi connectivity index (χ4n) is 2.04. The van der Waals surface area contributed by atoms with Crippen LogP contribution < -0.4 is 9.46 Å². The molecule has 0 saturated carbocycles. The Morgan fingerprint density at radius 1 is 1.16 bits per heavy atom. The van der Waals surface area contributed by atoms with Gasteiger partial charge in [-0.3, -0.25) is 14.8 Å². The molecule has 0 radical (unpaired) electrons. The molecule has 0 heterocycles. The Bertz CT molecular complexity index is 913. The quantitative estimate of drug-likeness (QED) is 0.637. The number of hydrogen-bond donors (Lipinski definition) is 1. The van der Waals surface area contributed by atoms with E-state index in [0.29, 0.717) is 6.07 Å². The van der Waals surface area contributed by atoms with E-state index in [-0.39, 0.29) is 0 Å². The molecule has 2 aromatic rings. The van der Waals surface area contributed by atoms with Crippen LogP contribution in [0.15, 0.2) is 47.4 Å². The van der Waals surface area contributed by atoms with Gasteiger partial charge in [-0.25, -0.2) is 8.42 Å². The third-order valence-electron chi connectivity index (χ3n) is 3.11. The van der Waals surface area contributed by atoms with Crippen LogP contribution in [-0.4, -0.2) is 20.5 Å². The number of rotatable bonds is 5. The van der Waals surface area contributed by atoms with Crippen molar-refractivity contribution >= 4 is 21.4 Å². The zero-order valence-corrected chi connectivity index (χ0v) is 13.4. The minimum Gasteiger partial charge on any atom is -0.496 e. The van der Waals surface area contributed by atoms with Gasteiger partial charge in [0.1, 0.15) is 5.75 Å². The summed E-state index contributed by atoms with van der Waals surface area (Å²) in [7, 11) is -3.43. The van der Waals surface area contributed by atoms with Gasteiger partial charge in [0.25, 0.3) is 15.7 Å². The Kier molecular flexibility index (Phi) is 4.88. The SMILES string of the molecule is COc1ccc(NS(=O)(=O)c2ccccc2[N+](=O)[O-])cc1C(F)(F)F. The van der Waals surface area contributed by atoms with Crippen LogP contribution in [0.4, 0.5) is 24.5 Å². The standard InChI is InChI=1S/C14H11F3N2O5S/c1-24-12-7-6-9(8-10(12)14(15,16)17)18-25(22,23)13-5-3-2-4-11(13)19(20)21/h2-8,18H,1H3. The third kappa shape index (κ3) is 3.99. The van der Waals surface area contributed by atoms with E-state index in [1.54, 1.807) is 0 Å². The summed E-state index contributed by atoms with van der Waals surface area (Å²) in [5.41, 5.74) is -2.29. The lowest BCUT2D eigenvalue weighted by Crippen LogP contribution is -2.16. The summed E-state index contributed by atoms with van der Waals surface area (Å²) in [5.74, 6) is -0.485. The maximum Gasteiger partial charge on any atom is 0.420 e. The summed E-state index contributed by atoms with van der Waals surface area (Å²) < 4.78 is 70.1. The molecule has 7 nitrogen and oxygen atoms in total. The second-order valence-corrected chi connectivity index (χ2v) is 6.39. The van der Waals surface area contributed by atoms with Gasteiger partial charge in [0, 0.05) is 11.8 Å². The highest BCUT2D eigenvalue weighted by molar-refractivity contribution is 7.92. The number of hydrogen-bond acceptors (Lipinski definition) is 5. The summed E-state index contributed by atoms with van der Waals surface area (Å²) in [4.78, 5) is 9.38. The number of methoxy groups -OCH3 is 1. The number of sulfonamides is 1. The molecule has 0 spiro atoms. The summed E-state index contributed by atoms with van der Waals surface area (Å²) in [6.07, 6.45) is -4.77. The summed E-state index contributed by atoms with van der Waals surface area (Å²) >= 11 is 0. The Balaban J connectivity index is 2.48. The molecule has 1 N–H and O–H groups in total. The second kappa shape index (κ2) is 6.59. The van der Waals surface area contributed by atoms with E-state index in [0.717, 1.165) is 31.4 Å². The first kappa shape index (κ1) is 18.5. The average Bonchev–Trinajstić information content (AvgIpc) is 2.53. The number of nitrogens with one attached hydrogen (secondary N) is 1. The van der Waals surface area contributed by atoms with Gasteiger partial charge in [0.2, 0.25) is 0 Å². The molecule has 0 aliphatic heterocycles. The Hall–Kier alpha value is -2.82. The number of alkyl halides is 3. The van der Waals surface area contributed by atoms with Gasteiger partial charge in [0.05, 0.1) is 17.6 Å². The molecule has 0 aliphatic rings. The van der Waals surface area contributed by atoms with E-state index >= 15 is 0 Å². The Morgan fingerprint density at radius 2 is 1.80 bits per heavy atom. The molecule has 25 heavy (non-hydrogen) atoms. The molecule has 11 heteroatoms. The fraction of sp³-hybridized carbons (Fsp3) is 0.143. The van der Waals surface area contributed by atoms with Crippen molar-refractivity contribution < 1.29 is 31.2 Å². The summed E-state index contributed by atoms with van der Waals surface area (Å²) in [6, 6.07) is 7.03. The van der Waals surface area contributed by atoms with Crippen LogP contribution in [0, 0.1) is 10.1 Å². The molecule has 0 aliphatic carbocycles. The zero-order chi connectivity index (χ0) is 18.8. The van der Waals surface area contributed by atoms with Crippen LogP contribution in [0.5, 0.6) is 5.75 Å². The fourth-order valence-corrected chi connectivity index (χ4v) is 3.26. The van der Waals surface area contributed by atoms with Crippen molar-refractivity contribution in [3.8, 4) is 5.75 Å². The van der Waals surface area contributed by atoms with Crippen LogP contribution in [0.3, 0.4) is 0 Å². The molecule has 0 bridgehead atoms. The van der Waals surface area contributed by atoms with Crippen molar-refractivity contribution in [2.45, 2.75) is 11.1 Å². The van der Waals surface area contributed by atoms with E-state index in [1.165, 1.54) is 12.1 Å². The monoisotopic (exact) mass is 376 g/mol. The lowest BCUT2D eigenvalue weighted by atomic mass is 10.1. The van der Waals surface area contributed by atoms with Crippen molar-refractivity contribution in [1.29, 1.82) is 0 Å². The second-order valence-electron chi connectivity index (χ2n) is 4.74. The van der Waals surface area contributed by atoms with Crippen molar-refractivity contribution in [2.24, 2.45) is 0 Å². The lowest BCUT2D eigenvalue weighted by Gasteiger charge is -2.14. The highest BCUT2D eigenvalue weighted by Gasteiger charge is 2.35. The zero-order valence-electron chi connectivity index (χ0n) is 12.6. The number of nitrogens with zero attached hydrogens (tertiary/aromatic N) is 1. The van der Waals surface area contributed by atoms with Crippen molar-refractivity contribution in [1.82, 2.24) is 0 Å². The van der Waals surface area contributed by atoms with Gasteiger partial charge in [-0.05, 0) is 24.3 Å². The van der Waals surface area contributed by atoms with Gasteiger partial charge in [-0.2, -0.15) is 13.2 Å². The number of nitro groups is 1. The molecule has 2 rings (SSSR count).